The number of nitrogens with zero attached hydrogens (tertiary/aromatic N) is 4. The van der Waals surface area contributed by atoms with Gasteiger partial charge in [0.15, 0.2) is 5.82 Å². The maximum atomic E-state index is 12.3. The Morgan fingerprint density at radius 3 is 2.73 bits per heavy atom. The van der Waals surface area contributed by atoms with Crippen LogP contribution >= 0.6 is 0 Å². The van der Waals surface area contributed by atoms with Crippen LogP contribution in [-0.4, -0.2) is 43.3 Å². The smallest absolute Gasteiger partial charge is 0.427 e. The van der Waals surface area contributed by atoms with Crippen LogP contribution in [0, 0.1) is 0 Å². The summed E-state index contributed by atoms with van der Waals surface area (Å²) >= 11 is 0. The van der Waals surface area contributed by atoms with E-state index in [4.69, 9.17) is 15.8 Å². The molecule has 0 fully saturated rings. The SMILES string of the molecule is C[C@H](NC(=O)Cn1nnnc1C(N)CCCCB(O)O)c1ccccc1. The van der Waals surface area contributed by atoms with Crippen molar-refractivity contribution >= 4 is 13.0 Å². The van der Waals surface area contributed by atoms with Crippen LogP contribution in [-0.2, 0) is 11.3 Å². The van der Waals surface area contributed by atoms with Gasteiger partial charge in [0, 0.05) is 0 Å². The van der Waals surface area contributed by atoms with Crippen molar-refractivity contribution in [2.45, 2.75) is 51.1 Å². The average molecular weight is 360 g/mol. The van der Waals surface area contributed by atoms with E-state index in [0.717, 1.165) is 5.56 Å². The van der Waals surface area contributed by atoms with Crippen LogP contribution in [0.2, 0.25) is 6.32 Å². The first-order valence-electron chi connectivity index (χ1n) is 8.69. The van der Waals surface area contributed by atoms with Gasteiger partial charge >= 0.3 is 7.12 Å². The number of carbonyl (C=O) groups is 1. The molecule has 5 N–H and O–H groups in total. The van der Waals surface area contributed by atoms with E-state index in [-0.39, 0.29) is 18.5 Å². The van der Waals surface area contributed by atoms with Crippen LogP contribution in [0.1, 0.15) is 49.7 Å². The van der Waals surface area contributed by atoms with Crippen molar-refractivity contribution in [3.63, 3.8) is 0 Å². The average Bonchev–Trinajstić information content (AvgIpc) is 3.07. The molecule has 0 aliphatic rings. The second kappa shape index (κ2) is 10.0. The molecule has 10 heteroatoms. The fraction of sp³-hybridized carbons (Fsp3) is 0.500. The molecule has 1 aromatic heterocycles. The van der Waals surface area contributed by atoms with E-state index in [2.05, 4.69) is 20.8 Å². The molecule has 1 amide bonds. The van der Waals surface area contributed by atoms with E-state index < -0.39 is 13.2 Å². The van der Waals surface area contributed by atoms with Gasteiger partial charge in [0.25, 0.3) is 0 Å². The van der Waals surface area contributed by atoms with E-state index in [1.165, 1.54) is 4.68 Å². The van der Waals surface area contributed by atoms with Crippen LogP contribution < -0.4 is 11.1 Å². The molecule has 0 saturated heterocycles. The van der Waals surface area contributed by atoms with Gasteiger partial charge in [-0.05, 0) is 35.7 Å². The number of unbranched alkanes of at least 4 members (excludes halogenated alkanes) is 1. The highest BCUT2D eigenvalue weighted by Crippen LogP contribution is 2.15. The first-order chi connectivity index (χ1) is 12.5. The molecule has 2 aromatic rings. The van der Waals surface area contributed by atoms with Gasteiger partial charge in [-0.15, -0.1) is 5.10 Å². The van der Waals surface area contributed by atoms with Crippen molar-refractivity contribution in [1.29, 1.82) is 0 Å². The molecular formula is C16H25BN6O3. The molecule has 26 heavy (non-hydrogen) atoms. The van der Waals surface area contributed by atoms with Gasteiger partial charge in [-0.2, -0.15) is 0 Å². The molecule has 0 saturated carbocycles. The lowest BCUT2D eigenvalue weighted by Crippen LogP contribution is -2.31. The minimum Gasteiger partial charge on any atom is -0.427 e. The summed E-state index contributed by atoms with van der Waals surface area (Å²) in [7, 11) is -1.30. The zero-order valence-electron chi connectivity index (χ0n) is 14.8. The number of amides is 1. The van der Waals surface area contributed by atoms with E-state index in [1.807, 2.05) is 37.3 Å². The Labute approximate surface area is 152 Å². The highest BCUT2D eigenvalue weighted by molar-refractivity contribution is 6.40. The molecule has 0 aliphatic heterocycles. The van der Waals surface area contributed by atoms with Crippen molar-refractivity contribution in [3.8, 4) is 0 Å². The molecule has 0 bridgehead atoms. The van der Waals surface area contributed by atoms with Crippen molar-refractivity contribution < 1.29 is 14.8 Å². The lowest BCUT2D eigenvalue weighted by molar-refractivity contribution is -0.122. The largest absolute Gasteiger partial charge is 0.451 e. The van der Waals surface area contributed by atoms with Crippen LogP contribution in [0.25, 0.3) is 0 Å². The second-order valence-electron chi connectivity index (χ2n) is 6.27. The number of tetrazole rings is 1. The summed E-state index contributed by atoms with van der Waals surface area (Å²) < 4.78 is 1.40. The third-order valence-electron chi connectivity index (χ3n) is 4.09. The first-order valence-corrected chi connectivity index (χ1v) is 8.69. The summed E-state index contributed by atoms with van der Waals surface area (Å²) in [6, 6.07) is 9.13. The Bertz CT molecular complexity index is 682. The molecule has 1 aromatic carbocycles. The van der Waals surface area contributed by atoms with E-state index >= 15 is 0 Å². The predicted octanol–water partition coefficient (Wildman–Crippen LogP) is 0.193. The normalized spacial score (nSPS) is 13.2. The predicted molar refractivity (Wildman–Crippen MR) is 96.6 cm³/mol. The molecule has 0 aliphatic carbocycles. The van der Waals surface area contributed by atoms with E-state index in [1.54, 1.807) is 0 Å². The Hall–Kier alpha value is -2.30. The molecule has 2 rings (SSSR count). The molecule has 0 spiro atoms. The van der Waals surface area contributed by atoms with Crippen LogP contribution in [0.15, 0.2) is 30.3 Å². The maximum Gasteiger partial charge on any atom is 0.451 e. The second-order valence-corrected chi connectivity index (χ2v) is 6.27. The lowest BCUT2D eigenvalue weighted by Gasteiger charge is -2.15. The van der Waals surface area contributed by atoms with Crippen LogP contribution in [0.4, 0.5) is 0 Å². The van der Waals surface area contributed by atoms with Gasteiger partial charge in [0.05, 0.1) is 12.1 Å². The Kier molecular flexibility index (Phi) is 7.70. The van der Waals surface area contributed by atoms with Crippen molar-refractivity contribution in [3.05, 3.63) is 41.7 Å². The van der Waals surface area contributed by atoms with Gasteiger partial charge in [-0.1, -0.05) is 43.2 Å². The third kappa shape index (κ3) is 6.21. The summed E-state index contributed by atoms with van der Waals surface area (Å²) in [5.74, 6) is 0.238. The Balaban J connectivity index is 1.86. The summed E-state index contributed by atoms with van der Waals surface area (Å²) in [5.41, 5.74) is 7.12. The van der Waals surface area contributed by atoms with Crippen molar-refractivity contribution in [1.82, 2.24) is 25.5 Å². The zero-order chi connectivity index (χ0) is 18.9. The highest BCUT2D eigenvalue weighted by atomic mass is 16.4. The van der Waals surface area contributed by atoms with Gasteiger partial charge in [0.2, 0.25) is 5.91 Å². The standard InChI is InChI=1S/C16H25BN6O3/c1-12(13-7-3-2-4-8-13)19-15(24)11-23-16(20-21-22-23)14(18)9-5-6-10-17(25)26/h2-4,7-8,12,14,25-26H,5-6,9-11,18H2,1H3,(H,19,24)/t12-,14?/m0/s1. The van der Waals surface area contributed by atoms with Gasteiger partial charge in [0.1, 0.15) is 6.54 Å². The fourth-order valence-corrected chi connectivity index (χ4v) is 2.66. The molecule has 1 heterocycles. The summed E-state index contributed by atoms with van der Waals surface area (Å²) in [4.78, 5) is 12.3. The number of carbonyl (C=O) groups excluding carboxylic acids is 1. The van der Waals surface area contributed by atoms with Crippen LogP contribution in [0.3, 0.4) is 0 Å². The Morgan fingerprint density at radius 1 is 1.31 bits per heavy atom. The number of nitrogens with one attached hydrogen (secondary N) is 1. The lowest BCUT2D eigenvalue weighted by atomic mass is 9.83. The molecule has 1 unspecified atom stereocenters. The first kappa shape index (κ1) is 20.0. The van der Waals surface area contributed by atoms with Crippen LogP contribution in [0.5, 0.6) is 0 Å². The molecule has 2 atom stereocenters. The van der Waals surface area contributed by atoms with E-state index in [9.17, 15) is 4.79 Å². The molecule has 0 radical (unpaired) electrons. The van der Waals surface area contributed by atoms with E-state index in [0.29, 0.717) is 31.4 Å². The monoisotopic (exact) mass is 360 g/mol. The molecule has 9 nitrogen and oxygen atoms in total. The maximum absolute atomic E-state index is 12.3. The zero-order valence-corrected chi connectivity index (χ0v) is 14.8. The molecule has 140 valence electrons. The highest BCUT2D eigenvalue weighted by Gasteiger charge is 2.18. The number of nitrogens with two attached hydrogens (primary N) is 1. The number of aromatic nitrogens is 4. The third-order valence-corrected chi connectivity index (χ3v) is 4.09. The van der Waals surface area contributed by atoms with Crippen molar-refractivity contribution in [2.24, 2.45) is 5.73 Å². The number of hydrogen-bond donors (Lipinski definition) is 4. The topological polar surface area (TPSA) is 139 Å². The summed E-state index contributed by atoms with van der Waals surface area (Å²) in [6.07, 6.45) is 2.25. The number of hydrogen-bond acceptors (Lipinski definition) is 7. The quantitative estimate of drug-likeness (QED) is 0.350. The van der Waals surface area contributed by atoms with Gasteiger partial charge < -0.3 is 21.1 Å². The fourth-order valence-electron chi connectivity index (χ4n) is 2.66. The van der Waals surface area contributed by atoms with Gasteiger partial charge in [-0.3, -0.25) is 4.79 Å². The Morgan fingerprint density at radius 2 is 2.04 bits per heavy atom. The van der Waals surface area contributed by atoms with Crippen molar-refractivity contribution in [2.75, 3.05) is 0 Å². The summed E-state index contributed by atoms with van der Waals surface area (Å²) in [5, 5.41) is 32.0. The number of benzene rings is 1. The summed E-state index contributed by atoms with van der Waals surface area (Å²) in [6.45, 7) is 1.90. The molecular weight excluding hydrogens is 335 g/mol. The van der Waals surface area contributed by atoms with Gasteiger partial charge in [-0.25, -0.2) is 4.68 Å². The minimum atomic E-state index is -1.30. The number of rotatable bonds is 10. The minimum absolute atomic E-state index is 0.0113.